The number of hydrogen-bond donors (Lipinski definition) is 2. The van der Waals surface area contributed by atoms with Crippen LogP contribution < -0.4 is 5.32 Å². The van der Waals surface area contributed by atoms with Gasteiger partial charge in [-0.1, -0.05) is 18.2 Å². The van der Waals surface area contributed by atoms with Crippen LogP contribution in [-0.2, 0) is 16.1 Å². The molecule has 0 spiro atoms. The van der Waals surface area contributed by atoms with E-state index in [-0.39, 0.29) is 29.8 Å². The van der Waals surface area contributed by atoms with Crippen LogP contribution >= 0.6 is 11.3 Å². The average molecular weight is 358 g/mol. The zero-order chi connectivity index (χ0) is 18.0. The number of thiophene rings is 1. The molecule has 7 heteroatoms. The highest BCUT2D eigenvalue weighted by molar-refractivity contribution is 7.10. The van der Waals surface area contributed by atoms with Gasteiger partial charge in [-0.15, -0.1) is 11.3 Å². The zero-order valence-corrected chi connectivity index (χ0v) is 14.5. The molecule has 1 aromatic carbocycles. The van der Waals surface area contributed by atoms with Gasteiger partial charge in [0, 0.05) is 24.9 Å². The summed E-state index contributed by atoms with van der Waals surface area (Å²) in [4.78, 5) is 38.2. The Morgan fingerprint density at radius 2 is 2.00 bits per heavy atom. The van der Waals surface area contributed by atoms with Crippen LogP contribution in [0.3, 0.4) is 0 Å². The smallest absolute Gasteiger partial charge is 0.335 e. The second-order valence-electron chi connectivity index (χ2n) is 6.00. The Morgan fingerprint density at radius 3 is 2.60 bits per heavy atom. The Labute approximate surface area is 149 Å². The third-order valence-electron chi connectivity index (χ3n) is 4.43. The van der Waals surface area contributed by atoms with Gasteiger partial charge in [-0.2, -0.15) is 0 Å². The molecule has 3 rings (SSSR count). The number of hydrogen-bond acceptors (Lipinski definition) is 4. The van der Waals surface area contributed by atoms with Crippen molar-refractivity contribution in [2.75, 3.05) is 7.05 Å². The molecule has 0 bridgehead atoms. The van der Waals surface area contributed by atoms with Gasteiger partial charge >= 0.3 is 5.97 Å². The fraction of sp³-hybridized carbons (Fsp3) is 0.278. The molecular weight excluding hydrogens is 340 g/mol. The number of nitrogens with one attached hydrogen (secondary N) is 1. The molecule has 1 saturated heterocycles. The van der Waals surface area contributed by atoms with Crippen molar-refractivity contribution in [1.82, 2.24) is 10.2 Å². The summed E-state index contributed by atoms with van der Waals surface area (Å²) in [5.41, 5.74) is 1.01. The topological polar surface area (TPSA) is 86.7 Å². The number of carbonyl (C=O) groups is 3. The van der Waals surface area contributed by atoms with Gasteiger partial charge in [0.05, 0.1) is 17.5 Å². The minimum Gasteiger partial charge on any atom is -0.478 e. The molecule has 2 heterocycles. The normalized spacial score (nSPS) is 19.9. The number of carboxylic acid groups (broad SMARTS) is 1. The highest BCUT2D eigenvalue weighted by atomic mass is 32.1. The van der Waals surface area contributed by atoms with Crippen molar-refractivity contribution in [3.63, 3.8) is 0 Å². The van der Waals surface area contributed by atoms with Crippen LogP contribution in [0.2, 0.25) is 0 Å². The minimum absolute atomic E-state index is 0.0376. The maximum Gasteiger partial charge on any atom is 0.335 e. The van der Waals surface area contributed by atoms with Crippen molar-refractivity contribution >= 4 is 29.1 Å². The lowest BCUT2D eigenvalue weighted by molar-refractivity contribution is -0.128. The Morgan fingerprint density at radius 1 is 1.28 bits per heavy atom. The summed E-state index contributed by atoms with van der Waals surface area (Å²) >= 11 is 1.54. The first-order chi connectivity index (χ1) is 12.0. The lowest BCUT2D eigenvalue weighted by atomic mass is 9.98. The zero-order valence-electron chi connectivity index (χ0n) is 13.6. The Hall–Kier alpha value is -2.67. The van der Waals surface area contributed by atoms with Crippen molar-refractivity contribution in [2.45, 2.75) is 19.0 Å². The van der Waals surface area contributed by atoms with Gasteiger partial charge < -0.3 is 15.3 Å². The van der Waals surface area contributed by atoms with E-state index in [0.717, 1.165) is 10.4 Å². The number of carboxylic acids is 1. The third-order valence-corrected chi connectivity index (χ3v) is 5.37. The Balaban J connectivity index is 1.67. The monoisotopic (exact) mass is 358 g/mol. The van der Waals surface area contributed by atoms with E-state index in [1.165, 1.54) is 23.5 Å². The molecule has 2 aromatic rings. The molecule has 6 nitrogen and oxygen atoms in total. The molecule has 130 valence electrons. The fourth-order valence-corrected chi connectivity index (χ4v) is 3.97. The molecule has 1 aliphatic heterocycles. The molecule has 0 radical (unpaired) electrons. The molecule has 2 atom stereocenters. The largest absolute Gasteiger partial charge is 0.478 e. The SMILES string of the molecule is CN1C(=O)C[C@H](C(=O)NCc2ccc(C(=O)O)cc2)[C@@H]1c1cccs1. The number of rotatable bonds is 5. The predicted molar refractivity (Wildman–Crippen MR) is 93.2 cm³/mol. The summed E-state index contributed by atoms with van der Waals surface area (Å²) < 4.78 is 0. The molecule has 1 aliphatic rings. The van der Waals surface area contributed by atoms with Crippen molar-refractivity contribution in [2.24, 2.45) is 5.92 Å². The number of benzene rings is 1. The van der Waals surface area contributed by atoms with E-state index in [2.05, 4.69) is 5.32 Å². The van der Waals surface area contributed by atoms with Crippen LogP contribution in [0.15, 0.2) is 41.8 Å². The summed E-state index contributed by atoms with van der Waals surface area (Å²) in [6.07, 6.45) is 0.197. The summed E-state index contributed by atoms with van der Waals surface area (Å²) in [5, 5.41) is 13.7. The first kappa shape index (κ1) is 17.2. The first-order valence-corrected chi connectivity index (χ1v) is 8.74. The maximum atomic E-state index is 12.6. The lowest BCUT2D eigenvalue weighted by Crippen LogP contribution is -2.33. The summed E-state index contributed by atoms with van der Waals surface area (Å²) in [7, 11) is 1.73. The fourth-order valence-electron chi connectivity index (χ4n) is 3.04. The first-order valence-electron chi connectivity index (χ1n) is 7.86. The third kappa shape index (κ3) is 3.56. The van der Waals surface area contributed by atoms with Gasteiger partial charge in [0.2, 0.25) is 11.8 Å². The maximum absolute atomic E-state index is 12.6. The standard InChI is InChI=1S/C18H18N2O4S/c1-20-15(21)9-13(16(20)14-3-2-8-25-14)17(22)19-10-11-4-6-12(7-5-11)18(23)24/h2-8,13,16H,9-10H2,1H3,(H,19,22)(H,23,24)/t13-,16+/m0/s1. The van der Waals surface area contributed by atoms with Gasteiger partial charge in [-0.05, 0) is 29.1 Å². The average Bonchev–Trinajstić information content (AvgIpc) is 3.22. The molecule has 25 heavy (non-hydrogen) atoms. The summed E-state index contributed by atoms with van der Waals surface area (Å²) in [6, 6.07) is 9.97. The second kappa shape index (κ2) is 7.06. The lowest BCUT2D eigenvalue weighted by Gasteiger charge is -2.23. The van der Waals surface area contributed by atoms with E-state index >= 15 is 0 Å². The number of aromatic carboxylic acids is 1. The van der Waals surface area contributed by atoms with E-state index in [1.54, 1.807) is 24.1 Å². The summed E-state index contributed by atoms with van der Waals surface area (Å²) in [5.74, 6) is -1.61. The molecule has 1 aromatic heterocycles. The molecule has 0 unspecified atom stereocenters. The predicted octanol–water partition coefficient (Wildman–Crippen LogP) is 2.28. The van der Waals surface area contributed by atoms with Crippen LogP contribution in [0, 0.1) is 5.92 Å². The van der Waals surface area contributed by atoms with Gasteiger partial charge in [-0.25, -0.2) is 4.79 Å². The van der Waals surface area contributed by atoms with E-state index in [9.17, 15) is 14.4 Å². The van der Waals surface area contributed by atoms with Gasteiger partial charge in [-0.3, -0.25) is 9.59 Å². The van der Waals surface area contributed by atoms with Crippen molar-refractivity contribution in [1.29, 1.82) is 0 Å². The van der Waals surface area contributed by atoms with Crippen LogP contribution in [-0.4, -0.2) is 34.8 Å². The van der Waals surface area contributed by atoms with Crippen LogP contribution in [0.5, 0.6) is 0 Å². The molecule has 2 amide bonds. The van der Waals surface area contributed by atoms with E-state index < -0.39 is 11.9 Å². The Kier molecular flexibility index (Phi) is 4.85. The van der Waals surface area contributed by atoms with Gasteiger partial charge in [0.15, 0.2) is 0 Å². The molecule has 2 N–H and O–H groups in total. The summed E-state index contributed by atoms with van der Waals surface area (Å²) in [6.45, 7) is 0.296. The molecular formula is C18H18N2O4S. The van der Waals surface area contributed by atoms with Crippen LogP contribution in [0.1, 0.15) is 33.3 Å². The number of amides is 2. The van der Waals surface area contributed by atoms with Crippen molar-refractivity contribution in [3.05, 3.63) is 57.8 Å². The van der Waals surface area contributed by atoms with Crippen molar-refractivity contribution in [3.8, 4) is 0 Å². The molecule has 1 fully saturated rings. The number of likely N-dealkylation sites (tertiary alicyclic amines) is 1. The number of nitrogens with zero attached hydrogens (tertiary/aromatic N) is 1. The molecule has 0 saturated carbocycles. The number of carbonyl (C=O) groups excluding carboxylic acids is 2. The minimum atomic E-state index is -0.984. The molecule has 0 aliphatic carbocycles. The van der Waals surface area contributed by atoms with Crippen LogP contribution in [0.4, 0.5) is 0 Å². The van der Waals surface area contributed by atoms with Gasteiger partial charge in [0.25, 0.3) is 0 Å². The highest BCUT2D eigenvalue weighted by Crippen LogP contribution is 2.39. The Bertz CT molecular complexity index is 786. The quantitative estimate of drug-likeness (QED) is 0.858. The van der Waals surface area contributed by atoms with E-state index in [4.69, 9.17) is 5.11 Å². The van der Waals surface area contributed by atoms with E-state index in [1.807, 2.05) is 17.5 Å². The van der Waals surface area contributed by atoms with Crippen molar-refractivity contribution < 1.29 is 19.5 Å². The van der Waals surface area contributed by atoms with Gasteiger partial charge in [0.1, 0.15) is 0 Å². The second-order valence-corrected chi connectivity index (χ2v) is 6.97. The van der Waals surface area contributed by atoms with E-state index in [0.29, 0.717) is 6.54 Å². The highest BCUT2D eigenvalue weighted by Gasteiger charge is 2.43. The van der Waals surface area contributed by atoms with Crippen LogP contribution in [0.25, 0.3) is 0 Å².